The van der Waals surface area contributed by atoms with Crippen LogP contribution in [0.3, 0.4) is 0 Å². The van der Waals surface area contributed by atoms with Gasteiger partial charge in [0.25, 0.3) is 0 Å². The molecule has 1 aliphatic carbocycles. The molecule has 4 aromatic rings. The summed E-state index contributed by atoms with van der Waals surface area (Å²) in [7, 11) is 0. The van der Waals surface area contributed by atoms with E-state index in [1.165, 1.54) is 32.1 Å². The number of hydrogen-bond acceptors (Lipinski definition) is 5. The second kappa shape index (κ2) is 10.0. The van der Waals surface area contributed by atoms with Gasteiger partial charge in [0.15, 0.2) is 0 Å². The highest BCUT2D eigenvalue weighted by molar-refractivity contribution is 5.79. The third-order valence-corrected chi connectivity index (χ3v) is 6.42. The fourth-order valence-electron chi connectivity index (χ4n) is 4.46. The van der Waals surface area contributed by atoms with E-state index in [-0.39, 0.29) is 0 Å². The van der Waals surface area contributed by atoms with Crippen molar-refractivity contribution in [3.63, 3.8) is 0 Å². The second-order valence-electron chi connectivity index (χ2n) is 8.71. The van der Waals surface area contributed by atoms with Gasteiger partial charge in [-0.2, -0.15) is 0 Å². The number of furan rings is 1. The molecule has 1 saturated carbocycles. The Kier molecular flexibility index (Phi) is 6.49. The first-order valence-electron chi connectivity index (χ1n) is 11.7. The Morgan fingerprint density at radius 1 is 0.818 bits per heavy atom. The average Bonchev–Trinajstić information content (AvgIpc) is 3.43. The van der Waals surface area contributed by atoms with Gasteiger partial charge in [0, 0.05) is 23.2 Å². The molecule has 1 aliphatic rings. The van der Waals surface area contributed by atoms with Crippen LogP contribution in [0.25, 0.3) is 33.6 Å². The fourth-order valence-corrected chi connectivity index (χ4v) is 4.46. The molecule has 0 saturated heterocycles. The lowest BCUT2D eigenvalue weighted by Gasteiger charge is -2.21. The largest absolute Gasteiger partial charge is 0.476 e. The molecule has 0 bridgehead atoms. The first-order chi connectivity index (χ1) is 16.3. The van der Waals surface area contributed by atoms with Crippen molar-refractivity contribution in [3.05, 3.63) is 78.9 Å². The Morgan fingerprint density at radius 2 is 1.52 bits per heavy atom. The van der Waals surface area contributed by atoms with Crippen LogP contribution >= 0.6 is 0 Å². The van der Waals surface area contributed by atoms with E-state index in [0.717, 1.165) is 39.2 Å². The van der Waals surface area contributed by atoms with E-state index in [1.54, 1.807) is 18.7 Å². The number of benzene rings is 2. The van der Waals surface area contributed by atoms with Crippen molar-refractivity contribution in [1.29, 1.82) is 0 Å². The lowest BCUT2D eigenvalue weighted by atomic mass is 9.90. The number of nitrogens with zero attached hydrogens (tertiary/aromatic N) is 2. The summed E-state index contributed by atoms with van der Waals surface area (Å²) in [6.07, 6.45) is 11.6. The predicted molar refractivity (Wildman–Crippen MR) is 131 cm³/mol. The molecule has 0 spiro atoms. The van der Waals surface area contributed by atoms with Crippen LogP contribution in [-0.2, 0) is 6.54 Å². The molecule has 168 valence electrons. The molecule has 5 heteroatoms. The molecule has 0 aliphatic heterocycles. The number of nitrogens with two attached hydrogens (primary N) is 1. The predicted octanol–water partition coefficient (Wildman–Crippen LogP) is 6.49. The molecule has 2 N–H and O–H groups in total. The maximum atomic E-state index is 6.12. The molecule has 5 rings (SSSR count). The lowest BCUT2D eigenvalue weighted by Crippen LogP contribution is -2.16. The van der Waals surface area contributed by atoms with Crippen LogP contribution in [0.1, 0.15) is 37.7 Å². The molecule has 0 radical (unpaired) electrons. The van der Waals surface area contributed by atoms with Gasteiger partial charge >= 0.3 is 0 Å². The number of ether oxygens (including phenoxy) is 1. The van der Waals surface area contributed by atoms with Gasteiger partial charge in [0.1, 0.15) is 5.69 Å². The molecule has 2 aromatic carbocycles. The van der Waals surface area contributed by atoms with Crippen molar-refractivity contribution in [3.8, 4) is 39.5 Å². The van der Waals surface area contributed by atoms with Gasteiger partial charge in [0.2, 0.25) is 5.88 Å². The van der Waals surface area contributed by atoms with Crippen molar-refractivity contribution in [2.24, 2.45) is 11.7 Å². The second-order valence-corrected chi connectivity index (χ2v) is 8.71. The minimum Gasteiger partial charge on any atom is -0.476 e. The molecule has 0 amide bonds. The lowest BCUT2D eigenvalue weighted by molar-refractivity contribution is 0.202. The highest BCUT2D eigenvalue weighted by Crippen LogP contribution is 2.32. The van der Waals surface area contributed by atoms with Crippen LogP contribution in [-0.4, -0.2) is 16.6 Å². The maximum absolute atomic E-state index is 6.12. The molecule has 5 nitrogen and oxygen atoms in total. The topological polar surface area (TPSA) is 74.2 Å². The summed E-state index contributed by atoms with van der Waals surface area (Å²) in [6, 6.07) is 18.5. The van der Waals surface area contributed by atoms with Crippen LogP contribution in [0, 0.1) is 5.92 Å². The Balaban J connectivity index is 1.47. The highest BCUT2D eigenvalue weighted by Gasteiger charge is 2.17. The van der Waals surface area contributed by atoms with E-state index >= 15 is 0 Å². The molecule has 33 heavy (non-hydrogen) atoms. The first-order valence-corrected chi connectivity index (χ1v) is 11.7. The van der Waals surface area contributed by atoms with Gasteiger partial charge in [-0.3, -0.25) is 0 Å². The van der Waals surface area contributed by atoms with Crippen molar-refractivity contribution in [1.82, 2.24) is 9.97 Å². The minimum absolute atomic E-state index is 0.516. The third-order valence-electron chi connectivity index (χ3n) is 6.42. The summed E-state index contributed by atoms with van der Waals surface area (Å²) < 4.78 is 11.3. The monoisotopic (exact) mass is 439 g/mol. The van der Waals surface area contributed by atoms with Crippen LogP contribution in [0.4, 0.5) is 0 Å². The van der Waals surface area contributed by atoms with E-state index in [2.05, 4.69) is 36.4 Å². The van der Waals surface area contributed by atoms with Crippen molar-refractivity contribution in [2.75, 3.05) is 6.61 Å². The van der Waals surface area contributed by atoms with Gasteiger partial charge in [-0.25, -0.2) is 9.97 Å². The Labute approximate surface area is 194 Å². The molecule has 0 unspecified atom stereocenters. The molecule has 1 fully saturated rings. The van der Waals surface area contributed by atoms with Gasteiger partial charge in [0.05, 0.1) is 31.0 Å². The van der Waals surface area contributed by atoms with Gasteiger partial charge in [-0.1, -0.05) is 67.8 Å². The van der Waals surface area contributed by atoms with Crippen molar-refractivity contribution in [2.45, 2.75) is 38.6 Å². The summed E-state index contributed by atoms with van der Waals surface area (Å²) in [5.74, 6) is 1.19. The quantitative estimate of drug-likeness (QED) is 0.356. The summed E-state index contributed by atoms with van der Waals surface area (Å²) in [4.78, 5) is 9.69. The number of rotatable bonds is 7. The Morgan fingerprint density at radius 3 is 2.21 bits per heavy atom. The summed E-state index contributed by atoms with van der Waals surface area (Å²) in [5, 5.41) is 0. The van der Waals surface area contributed by atoms with Crippen LogP contribution in [0.15, 0.2) is 77.7 Å². The molecule has 2 aromatic heterocycles. The Bertz CT molecular complexity index is 1160. The van der Waals surface area contributed by atoms with Crippen LogP contribution < -0.4 is 10.5 Å². The maximum Gasteiger partial charge on any atom is 0.232 e. The SMILES string of the molecule is NCc1ccc(-c2ncc(OCC3CCCCC3)nc2-c2ccc(-c3ccoc3)cc2)cc1. The van der Waals surface area contributed by atoms with E-state index < -0.39 is 0 Å². The van der Waals surface area contributed by atoms with E-state index in [4.69, 9.17) is 24.9 Å². The van der Waals surface area contributed by atoms with Crippen LogP contribution in [0.5, 0.6) is 5.88 Å². The minimum atomic E-state index is 0.516. The number of aromatic nitrogens is 2. The van der Waals surface area contributed by atoms with Gasteiger partial charge in [-0.05, 0) is 36.0 Å². The first kappa shape index (κ1) is 21.4. The zero-order valence-electron chi connectivity index (χ0n) is 18.7. The smallest absolute Gasteiger partial charge is 0.232 e. The van der Waals surface area contributed by atoms with Crippen molar-refractivity contribution >= 4 is 0 Å². The van der Waals surface area contributed by atoms with Gasteiger partial charge < -0.3 is 14.9 Å². The molecular formula is C28H29N3O2. The summed E-state index contributed by atoms with van der Waals surface area (Å²) in [5.41, 5.74) is 12.7. The summed E-state index contributed by atoms with van der Waals surface area (Å²) in [6.45, 7) is 1.22. The third kappa shape index (κ3) is 4.99. The van der Waals surface area contributed by atoms with Crippen LogP contribution in [0.2, 0.25) is 0 Å². The standard InChI is InChI=1S/C28H29N3O2/c29-16-20-6-8-23(9-7-20)27-28(24-12-10-22(11-13-24)25-14-15-32-19-25)31-26(17-30-27)33-18-21-4-2-1-3-5-21/h6-15,17,19,21H,1-5,16,18,29H2. The van der Waals surface area contributed by atoms with Crippen molar-refractivity contribution < 1.29 is 9.15 Å². The summed E-state index contributed by atoms with van der Waals surface area (Å²) >= 11 is 0. The van der Waals surface area contributed by atoms with E-state index in [9.17, 15) is 0 Å². The normalized spacial score (nSPS) is 14.3. The molecule has 2 heterocycles. The van der Waals surface area contributed by atoms with E-state index in [1.807, 2.05) is 18.2 Å². The zero-order valence-corrected chi connectivity index (χ0v) is 18.7. The zero-order chi connectivity index (χ0) is 22.5. The highest BCUT2D eigenvalue weighted by atomic mass is 16.5. The fraction of sp³-hybridized carbons (Fsp3) is 0.286. The molecular weight excluding hydrogens is 410 g/mol. The average molecular weight is 440 g/mol. The Hall–Kier alpha value is -3.44. The van der Waals surface area contributed by atoms with E-state index in [0.29, 0.717) is 24.9 Å². The van der Waals surface area contributed by atoms with Gasteiger partial charge in [-0.15, -0.1) is 0 Å². The number of hydrogen-bond donors (Lipinski definition) is 1. The molecule has 0 atom stereocenters.